The second kappa shape index (κ2) is 22.8. The molecule has 0 fully saturated rings. The summed E-state index contributed by atoms with van der Waals surface area (Å²) in [5.74, 6) is 1.81. The molecule has 0 aliphatic heterocycles. The van der Waals surface area contributed by atoms with Gasteiger partial charge >= 0.3 is 0 Å². The van der Waals surface area contributed by atoms with E-state index in [-0.39, 0.29) is 21.7 Å². The lowest BCUT2D eigenvalue weighted by Crippen LogP contribution is -2.17. The van der Waals surface area contributed by atoms with Crippen LogP contribution in [0.2, 0.25) is 0 Å². The van der Waals surface area contributed by atoms with Crippen LogP contribution in [0.15, 0.2) is 249 Å². The third kappa shape index (κ3) is 10.3. The minimum absolute atomic E-state index is 0.160. The molecule has 0 saturated heterocycles. The Morgan fingerprint density at radius 1 is 0.320 bits per heavy atom. The number of fused-ring (bicyclic) bond motifs is 14. The average Bonchev–Trinajstić information content (AvgIpc) is 1.53. The van der Waals surface area contributed by atoms with Crippen LogP contribution >= 0.6 is 0 Å². The van der Waals surface area contributed by atoms with E-state index in [0.29, 0.717) is 23.2 Å². The van der Waals surface area contributed by atoms with Crippen molar-refractivity contribution in [2.45, 2.75) is 111 Å². The molecule has 0 spiro atoms. The Kier molecular flexibility index (Phi) is 14.2. The first-order chi connectivity index (χ1) is 48.0. The van der Waals surface area contributed by atoms with Crippen molar-refractivity contribution in [2.75, 3.05) is 0 Å². The first-order valence-electron chi connectivity index (χ1n) is 35.1. The Hall–Kier alpha value is -11.5. The highest BCUT2D eigenvalue weighted by atomic mass is 15.0. The van der Waals surface area contributed by atoms with E-state index in [4.69, 9.17) is 21.5 Å². The van der Waals surface area contributed by atoms with E-state index in [1.54, 1.807) is 0 Å². The van der Waals surface area contributed by atoms with Gasteiger partial charge in [-0.2, -0.15) is 0 Å². The van der Waals surface area contributed by atoms with Crippen molar-refractivity contribution in [3.05, 3.63) is 294 Å². The first kappa shape index (κ1) is 62.1. The molecular weight excluding hydrogens is 1220 g/mol. The summed E-state index contributed by atoms with van der Waals surface area (Å²) in [5.41, 5.74) is 26.7. The molecule has 1 aliphatic rings. The molecular formula is C93H79N7. The summed E-state index contributed by atoms with van der Waals surface area (Å²) in [6.07, 6.45) is 0.848. The smallest absolute Gasteiger partial charge is 0.187 e. The van der Waals surface area contributed by atoms with Crippen molar-refractivity contribution >= 4 is 71.1 Å². The first-order valence-corrected chi connectivity index (χ1v) is 35.1. The van der Waals surface area contributed by atoms with E-state index in [1.807, 2.05) is 12.1 Å². The van der Waals surface area contributed by atoms with Gasteiger partial charge in [-0.05, 0) is 181 Å². The summed E-state index contributed by atoms with van der Waals surface area (Å²) in [5, 5.41) is 7.19. The van der Waals surface area contributed by atoms with Gasteiger partial charge in [0.2, 0.25) is 0 Å². The van der Waals surface area contributed by atoms with Crippen molar-refractivity contribution in [3.8, 4) is 84.6 Å². The van der Waals surface area contributed by atoms with Crippen LogP contribution in [0.25, 0.3) is 155 Å². The fourth-order valence-corrected chi connectivity index (χ4v) is 15.5. The minimum Gasteiger partial charge on any atom is -0.309 e. The highest BCUT2D eigenvalue weighted by Gasteiger charge is 2.31. The third-order valence-electron chi connectivity index (χ3n) is 20.9. The topological polar surface area (TPSA) is 57.8 Å². The van der Waals surface area contributed by atoms with Gasteiger partial charge in [0.15, 0.2) is 23.2 Å². The Labute approximate surface area is 585 Å². The fourth-order valence-electron chi connectivity index (χ4n) is 15.5. The Balaban J connectivity index is 1.01. The largest absolute Gasteiger partial charge is 0.309 e. The summed E-state index contributed by atoms with van der Waals surface area (Å²) in [6.45, 7) is 35.5. The maximum Gasteiger partial charge on any atom is 0.187 e. The molecule has 16 aromatic rings. The van der Waals surface area contributed by atoms with Crippen LogP contribution in [0.4, 0.5) is 5.69 Å². The summed E-state index contributed by atoms with van der Waals surface area (Å²) in [4.78, 5) is 20.9. The molecule has 1 aliphatic carbocycles. The number of hydrogen-bond acceptors (Lipinski definition) is 3. The van der Waals surface area contributed by atoms with Crippen molar-refractivity contribution in [1.82, 2.24) is 28.7 Å². The molecule has 12 aromatic carbocycles. The second-order valence-corrected chi connectivity index (χ2v) is 31.6. The Morgan fingerprint density at radius 2 is 0.760 bits per heavy atom. The lowest BCUT2D eigenvalue weighted by atomic mass is 9.79. The SMILES string of the molecule is [C-]#[N+]c1ccc(-c2ccc(-n3c4ccccc4c4c3ccc3c5ccccc5n(-c5ccccc5)c34)c(-c3cc(-c4nc(-c5cc(C(C)(C)C)cc(C(C)(C)C)c5)nc(-c5cc(C(C)(C)C)cc(C(C)(C)C)c5)n4)ccc3-n3c4ccccc4c4c5c(ccc43)-c3ccccc3C5)c2)cc1. The highest BCUT2D eigenvalue weighted by Crippen LogP contribution is 2.50. The van der Waals surface area contributed by atoms with E-state index >= 15 is 0 Å². The quantitative estimate of drug-likeness (QED) is 0.142. The number of aromatic nitrogens is 6. The van der Waals surface area contributed by atoms with Gasteiger partial charge in [0, 0.05) is 65.8 Å². The van der Waals surface area contributed by atoms with Gasteiger partial charge in [0.25, 0.3) is 0 Å². The standard InChI is InChI=1S/C93H79N7/c1-90(2,3)62-47-60(48-63(54-62)91(4,5)6)88-95-87(96-89(97-88)61-49-64(92(7,8)9)55-65(50-61)93(10,11)12)59-38-44-81(99-78-33-23-20-30-72(78)84-76-52-58-25-17-18-28-68(58)69(76)41-45-82(84)99)75(53-59)74-51-57(56-35-39-66(94-13)40-36-56)37-43-80(74)100-79-34-24-21-31-73(79)85-83(100)46-42-71-70-29-19-22-32-77(70)98(86(71)85)67-26-15-14-16-27-67/h14-51,53-55H,52H2,1-12H3. The lowest BCUT2D eigenvalue weighted by molar-refractivity contribution is 0.568. The maximum atomic E-state index is 7.99. The number of nitrogens with zero attached hydrogens (tertiary/aromatic N) is 7. The van der Waals surface area contributed by atoms with Crippen LogP contribution < -0.4 is 0 Å². The molecule has 0 atom stereocenters. The molecule has 0 N–H and O–H groups in total. The Bertz CT molecular complexity index is 5940. The average molecular weight is 1290 g/mol. The third-order valence-corrected chi connectivity index (χ3v) is 20.9. The van der Waals surface area contributed by atoms with Crippen LogP contribution in [-0.4, -0.2) is 28.7 Å². The molecule has 0 unspecified atom stereocenters. The van der Waals surface area contributed by atoms with Crippen molar-refractivity contribution < 1.29 is 0 Å². The minimum atomic E-state index is -0.160. The van der Waals surface area contributed by atoms with Gasteiger partial charge in [-0.15, -0.1) is 0 Å². The number of para-hydroxylation sites is 4. The van der Waals surface area contributed by atoms with E-state index in [0.717, 1.165) is 101 Å². The normalized spacial score (nSPS) is 12.8. The number of rotatable bonds is 8. The lowest BCUT2D eigenvalue weighted by Gasteiger charge is -2.26. The summed E-state index contributed by atoms with van der Waals surface area (Å²) in [7, 11) is 0. The van der Waals surface area contributed by atoms with Crippen LogP contribution in [0.5, 0.6) is 0 Å². The molecule has 7 heteroatoms. The van der Waals surface area contributed by atoms with Crippen LogP contribution in [-0.2, 0) is 28.1 Å². The predicted octanol–water partition coefficient (Wildman–Crippen LogP) is 24.8. The van der Waals surface area contributed by atoms with E-state index in [2.05, 4.69) is 338 Å². The Morgan fingerprint density at radius 3 is 1.31 bits per heavy atom. The second-order valence-electron chi connectivity index (χ2n) is 31.6. The monoisotopic (exact) mass is 1290 g/mol. The van der Waals surface area contributed by atoms with Gasteiger partial charge in [0.05, 0.1) is 51.0 Å². The van der Waals surface area contributed by atoms with Gasteiger partial charge in [-0.1, -0.05) is 235 Å². The number of hydrogen-bond donors (Lipinski definition) is 0. The molecule has 486 valence electrons. The van der Waals surface area contributed by atoms with Gasteiger partial charge < -0.3 is 13.7 Å². The highest BCUT2D eigenvalue weighted by molar-refractivity contribution is 6.26. The fraction of sp³-hybridized carbons (Fsp3) is 0.183. The van der Waals surface area contributed by atoms with Gasteiger partial charge in [0.1, 0.15) is 0 Å². The van der Waals surface area contributed by atoms with Gasteiger partial charge in [-0.25, -0.2) is 19.8 Å². The zero-order valence-electron chi connectivity index (χ0n) is 59.0. The molecule has 7 nitrogen and oxygen atoms in total. The molecule has 0 amide bonds. The summed E-state index contributed by atoms with van der Waals surface area (Å²) in [6, 6.07) is 91.7. The zero-order chi connectivity index (χ0) is 68.9. The van der Waals surface area contributed by atoms with Crippen molar-refractivity contribution in [2.24, 2.45) is 0 Å². The summed E-state index contributed by atoms with van der Waals surface area (Å²) >= 11 is 0. The van der Waals surface area contributed by atoms with E-state index in [1.165, 1.54) is 71.4 Å². The van der Waals surface area contributed by atoms with E-state index < -0.39 is 0 Å². The predicted molar refractivity (Wildman–Crippen MR) is 419 cm³/mol. The van der Waals surface area contributed by atoms with Crippen molar-refractivity contribution in [3.63, 3.8) is 0 Å². The van der Waals surface area contributed by atoms with Crippen molar-refractivity contribution in [1.29, 1.82) is 0 Å². The van der Waals surface area contributed by atoms with Crippen LogP contribution in [0.1, 0.15) is 116 Å². The molecule has 0 radical (unpaired) electrons. The van der Waals surface area contributed by atoms with Gasteiger partial charge in [-0.3, -0.25) is 0 Å². The maximum absolute atomic E-state index is 7.99. The molecule has 100 heavy (non-hydrogen) atoms. The van der Waals surface area contributed by atoms with Crippen LogP contribution in [0.3, 0.4) is 0 Å². The molecule has 0 saturated carbocycles. The summed E-state index contributed by atoms with van der Waals surface area (Å²) < 4.78 is 7.49. The zero-order valence-corrected chi connectivity index (χ0v) is 59.0. The molecule has 4 heterocycles. The number of benzene rings is 12. The molecule has 4 aromatic heterocycles. The van der Waals surface area contributed by atoms with E-state index in [9.17, 15) is 0 Å². The molecule has 17 rings (SSSR count). The molecule has 0 bridgehead atoms. The van der Waals surface area contributed by atoms with Crippen LogP contribution in [0, 0.1) is 6.57 Å².